The van der Waals surface area contributed by atoms with Gasteiger partial charge in [0.1, 0.15) is 11.9 Å². The molecule has 2 aromatic carbocycles. The second kappa shape index (κ2) is 6.67. The minimum Gasteiger partial charge on any atom is -0.348 e. The molecular weight excluding hydrogens is 329 g/mol. The van der Waals surface area contributed by atoms with Gasteiger partial charge in [0.15, 0.2) is 0 Å². The Hall–Kier alpha value is -3.08. The second-order valence-electron chi connectivity index (χ2n) is 6.54. The molecule has 1 N–H and O–H groups in total. The summed E-state index contributed by atoms with van der Waals surface area (Å²) in [5.41, 5.74) is 3.23. The van der Waals surface area contributed by atoms with Gasteiger partial charge < -0.3 is 14.8 Å². The summed E-state index contributed by atoms with van der Waals surface area (Å²) in [6.45, 7) is 3.18. The molecule has 1 atom stereocenters. The topological polar surface area (TPSA) is 37.3 Å². The first kappa shape index (κ1) is 16.4. The zero-order chi connectivity index (χ0) is 18.1. The van der Waals surface area contributed by atoms with Gasteiger partial charge in [0.05, 0.1) is 0 Å². The molecule has 1 aliphatic heterocycles. The normalized spacial score (nSPS) is 16.2. The summed E-state index contributed by atoms with van der Waals surface area (Å²) in [7, 11) is 0. The van der Waals surface area contributed by atoms with Crippen molar-refractivity contribution in [2.75, 3.05) is 11.9 Å². The first-order chi connectivity index (χ1) is 12.6. The summed E-state index contributed by atoms with van der Waals surface area (Å²) in [4.78, 5) is 14.7. The lowest BCUT2D eigenvalue weighted by Crippen LogP contribution is -2.44. The molecule has 26 heavy (non-hydrogen) atoms. The van der Waals surface area contributed by atoms with E-state index < -0.39 is 6.04 Å². The van der Waals surface area contributed by atoms with Crippen molar-refractivity contribution >= 4 is 11.7 Å². The number of halogens is 1. The number of carbonyl (C=O) groups excluding carboxylic acids is 1. The first-order valence-electron chi connectivity index (χ1n) is 8.67. The number of hydrogen-bond donors (Lipinski definition) is 1. The van der Waals surface area contributed by atoms with Crippen LogP contribution in [0.25, 0.3) is 0 Å². The highest BCUT2D eigenvalue weighted by atomic mass is 19.1. The third kappa shape index (κ3) is 2.96. The Kier molecular flexibility index (Phi) is 4.21. The number of urea groups is 1. The van der Waals surface area contributed by atoms with Crippen LogP contribution in [0.5, 0.6) is 0 Å². The third-order valence-corrected chi connectivity index (χ3v) is 4.77. The monoisotopic (exact) mass is 349 g/mol. The van der Waals surface area contributed by atoms with Crippen molar-refractivity contribution in [2.45, 2.75) is 19.5 Å². The number of fused-ring (bicyclic) bond motifs is 1. The average Bonchev–Trinajstić information content (AvgIpc) is 3.10. The summed E-state index contributed by atoms with van der Waals surface area (Å²) in [6, 6.07) is 17.5. The predicted molar refractivity (Wildman–Crippen MR) is 99.6 cm³/mol. The predicted octanol–water partition coefficient (Wildman–Crippen LogP) is 4.57. The molecule has 132 valence electrons. The lowest BCUT2D eigenvalue weighted by atomic mass is 9.99. The number of hydrogen-bond acceptors (Lipinski definition) is 1. The summed E-state index contributed by atoms with van der Waals surface area (Å²) < 4.78 is 16.6. The molecule has 2 amide bonds. The molecule has 3 aromatic rings. The van der Waals surface area contributed by atoms with E-state index in [0.717, 1.165) is 16.9 Å². The van der Waals surface area contributed by atoms with E-state index in [0.29, 0.717) is 18.7 Å². The molecule has 0 saturated carbocycles. The highest BCUT2D eigenvalue weighted by Gasteiger charge is 2.33. The fourth-order valence-corrected chi connectivity index (χ4v) is 3.54. The molecular formula is C21H20FN3O. The molecule has 2 heterocycles. The van der Waals surface area contributed by atoms with E-state index in [4.69, 9.17) is 0 Å². The molecule has 0 saturated heterocycles. The number of rotatable bonds is 2. The van der Waals surface area contributed by atoms with Crippen LogP contribution in [-0.2, 0) is 6.54 Å². The molecule has 0 aliphatic carbocycles. The van der Waals surface area contributed by atoms with Crippen molar-refractivity contribution < 1.29 is 9.18 Å². The van der Waals surface area contributed by atoms with Gasteiger partial charge in [-0.05, 0) is 42.8 Å². The summed E-state index contributed by atoms with van der Waals surface area (Å²) in [6.07, 6.45) is 1.97. The van der Waals surface area contributed by atoms with Gasteiger partial charge in [-0.3, -0.25) is 0 Å². The number of benzene rings is 2. The maximum absolute atomic E-state index is 14.5. The van der Waals surface area contributed by atoms with Gasteiger partial charge in [-0.2, -0.15) is 0 Å². The zero-order valence-corrected chi connectivity index (χ0v) is 14.5. The van der Waals surface area contributed by atoms with Crippen molar-refractivity contribution in [3.8, 4) is 0 Å². The van der Waals surface area contributed by atoms with Crippen LogP contribution in [0.4, 0.5) is 14.9 Å². The molecule has 1 unspecified atom stereocenters. The molecule has 1 aliphatic rings. The zero-order valence-electron chi connectivity index (χ0n) is 14.5. The van der Waals surface area contributed by atoms with Gasteiger partial charge in [0.2, 0.25) is 0 Å². The molecule has 4 rings (SSSR count). The lowest BCUT2D eigenvalue weighted by molar-refractivity contribution is 0.180. The quantitative estimate of drug-likeness (QED) is 0.723. The van der Waals surface area contributed by atoms with Crippen molar-refractivity contribution in [1.29, 1.82) is 0 Å². The third-order valence-electron chi connectivity index (χ3n) is 4.77. The summed E-state index contributed by atoms with van der Waals surface area (Å²) >= 11 is 0. The van der Waals surface area contributed by atoms with Gasteiger partial charge in [-0.1, -0.05) is 30.3 Å². The average molecular weight is 349 g/mol. The van der Waals surface area contributed by atoms with Gasteiger partial charge in [-0.25, -0.2) is 9.18 Å². The smallest absolute Gasteiger partial charge is 0.322 e. The largest absolute Gasteiger partial charge is 0.348 e. The maximum Gasteiger partial charge on any atom is 0.322 e. The van der Waals surface area contributed by atoms with E-state index in [2.05, 4.69) is 9.88 Å². The Labute approximate surface area is 151 Å². The Morgan fingerprint density at radius 1 is 1.08 bits per heavy atom. The fourth-order valence-electron chi connectivity index (χ4n) is 3.54. The van der Waals surface area contributed by atoms with Crippen LogP contribution in [0.3, 0.4) is 0 Å². The Morgan fingerprint density at radius 2 is 1.92 bits per heavy atom. The van der Waals surface area contributed by atoms with Crippen molar-refractivity contribution in [3.05, 3.63) is 89.5 Å². The number of aromatic nitrogens is 1. The SMILES string of the molecule is Cc1cccc(NC(=O)N2CCn3cccc3C2c2ccccc2F)c1. The number of nitrogens with zero attached hydrogens (tertiary/aromatic N) is 2. The fraction of sp³-hybridized carbons (Fsp3) is 0.190. The number of nitrogens with one attached hydrogen (secondary N) is 1. The van der Waals surface area contributed by atoms with Crippen LogP contribution < -0.4 is 5.32 Å². The minimum atomic E-state index is -0.454. The van der Waals surface area contributed by atoms with Gasteiger partial charge in [0, 0.05) is 36.2 Å². The van der Waals surface area contributed by atoms with Crippen LogP contribution >= 0.6 is 0 Å². The highest BCUT2D eigenvalue weighted by Crippen LogP contribution is 2.34. The molecule has 1 aromatic heterocycles. The standard InChI is InChI=1S/C21H20FN3O/c1-15-6-4-7-16(14-15)23-21(26)25-13-12-24-11-5-10-19(24)20(25)17-8-2-3-9-18(17)22/h2-11,14,20H,12-13H2,1H3,(H,23,26). The van der Waals surface area contributed by atoms with Gasteiger partial charge >= 0.3 is 6.03 Å². The van der Waals surface area contributed by atoms with Gasteiger partial charge in [-0.15, -0.1) is 0 Å². The van der Waals surface area contributed by atoms with Gasteiger partial charge in [0.25, 0.3) is 0 Å². The highest BCUT2D eigenvalue weighted by molar-refractivity contribution is 5.90. The van der Waals surface area contributed by atoms with Crippen LogP contribution in [0, 0.1) is 12.7 Å². The van der Waals surface area contributed by atoms with E-state index >= 15 is 0 Å². The Bertz CT molecular complexity index is 950. The Balaban J connectivity index is 1.70. The van der Waals surface area contributed by atoms with Crippen molar-refractivity contribution in [2.24, 2.45) is 0 Å². The number of anilines is 1. The van der Waals surface area contributed by atoms with Crippen molar-refractivity contribution in [1.82, 2.24) is 9.47 Å². The number of aryl methyl sites for hydroxylation is 1. The first-order valence-corrected chi connectivity index (χ1v) is 8.67. The number of carbonyl (C=O) groups is 1. The van der Waals surface area contributed by atoms with Crippen LogP contribution in [0.1, 0.15) is 22.9 Å². The Morgan fingerprint density at radius 3 is 2.73 bits per heavy atom. The van der Waals surface area contributed by atoms with E-state index in [1.165, 1.54) is 6.07 Å². The minimum absolute atomic E-state index is 0.226. The molecule has 4 nitrogen and oxygen atoms in total. The molecule has 0 radical (unpaired) electrons. The molecule has 5 heteroatoms. The number of amides is 2. The van der Waals surface area contributed by atoms with Crippen LogP contribution in [-0.4, -0.2) is 22.0 Å². The van der Waals surface area contributed by atoms with E-state index in [1.54, 1.807) is 23.1 Å². The summed E-state index contributed by atoms with van der Waals surface area (Å²) in [5, 5.41) is 2.95. The van der Waals surface area contributed by atoms with E-state index in [1.807, 2.05) is 49.5 Å². The second-order valence-corrected chi connectivity index (χ2v) is 6.54. The van der Waals surface area contributed by atoms with E-state index in [9.17, 15) is 9.18 Å². The molecule has 0 spiro atoms. The van der Waals surface area contributed by atoms with E-state index in [-0.39, 0.29) is 11.8 Å². The molecule has 0 bridgehead atoms. The van der Waals surface area contributed by atoms with Crippen LogP contribution in [0.2, 0.25) is 0 Å². The van der Waals surface area contributed by atoms with Crippen molar-refractivity contribution in [3.63, 3.8) is 0 Å². The van der Waals surface area contributed by atoms with Crippen LogP contribution in [0.15, 0.2) is 66.9 Å². The molecule has 0 fully saturated rings. The maximum atomic E-state index is 14.5. The lowest BCUT2D eigenvalue weighted by Gasteiger charge is -2.37. The summed E-state index contributed by atoms with van der Waals surface area (Å²) in [5.74, 6) is -0.305.